The van der Waals surface area contributed by atoms with Crippen LogP contribution in [0.3, 0.4) is 0 Å². The van der Waals surface area contributed by atoms with Crippen LogP contribution in [0.2, 0.25) is 0 Å². The second-order valence-corrected chi connectivity index (χ2v) is 6.85. The molecule has 3 unspecified atom stereocenters. The molecule has 1 fully saturated rings. The number of hydrogen-bond acceptors (Lipinski definition) is 2. The van der Waals surface area contributed by atoms with Crippen LogP contribution in [-0.4, -0.2) is 18.0 Å². The monoisotopic (exact) mass is 288 g/mol. The largest absolute Gasteiger partial charge is 0.382 e. The summed E-state index contributed by atoms with van der Waals surface area (Å²) in [5.74, 6) is 1.55. The molecular formula is C18H28N2O. The van der Waals surface area contributed by atoms with E-state index >= 15 is 0 Å². The second-order valence-electron chi connectivity index (χ2n) is 6.85. The summed E-state index contributed by atoms with van der Waals surface area (Å²) >= 11 is 0. The molecule has 21 heavy (non-hydrogen) atoms. The average molecular weight is 288 g/mol. The number of carbonyl (C=O) groups excluding carboxylic acids is 1. The van der Waals surface area contributed by atoms with Gasteiger partial charge in [0.25, 0.3) is 5.91 Å². The van der Waals surface area contributed by atoms with E-state index in [2.05, 4.69) is 24.5 Å². The third-order valence-electron chi connectivity index (χ3n) is 4.35. The van der Waals surface area contributed by atoms with Gasteiger partial charge in [-0.3, -0.25) is 4.79 Å². The normalized spacial score (nSPS) is 25.7. The molecule has 0 radical (unpaired) electrons. The Bertz CT molecular complexity index is 467. The second kappa shape index (κ2) is 6.97. The molecule has 1 aromatic carbocycles. The molecule has 2 rings (SSSR count). The van der Waals surface area contributed by atoms with Crippen molar-refractivity contribution in [3.05, 3.63) is 29.8 Å². The van der Waals surface area contributed by atoms with Crippen molar-refractivity contribution >= 4 is 11.6 Å². The summed E-state index contributed by atoms with van der Waals surface area (Å²) in [5.41, 5.74) is 1.84. The molecule has 1 aromatic rings. The van der Waals surface area contributed by atoms with Crippen LogP contribution in [-0.2, 0) is 0 Å². The molecule has 0 bridgehead atoms. The molecule has 0 aliphatic heterocycles. The molecule has 3 atom stereocenters. The van der Waals surface area contributed by atoms with Crippen LogP contribution in [0.1, 0.15) is 57.3 Å². The van der Waals surface area contributed by atoms with Gasteiger partial charge in [-0.2, -0.15) is 0 Å². The minimum atomic E-state index is -0.00332. The zero-order valence-corrected chi connectivity index (χ0v) is 13.6. The van der Waals surface area contributed by atoms with Gasteiger partial charge in [0.15, 0.2) is 0 Å². The van der Waals surface area contributed by atoms with Crippen molar-refractivity contribution < 1.29 is 4.79 Å². The maximum Gasteiger partial charge on any atom is 0.251 e. The fourth-order valence-corrected chi connectivity index (χ4v) is 3.16. The number of nitrogens with one attached hydrogen (secondary N) is 2. The van der Waals surface area contributed by atoms with E-state index in [1.165, 1.54) is 19.3 Å². The summed E-state index contributed by atoms with van der Waals surface area (Å²) < 4.78 is 0. The van der Waals surface area contributed by atoms with Crippen LogP contribution in [0.5, 0.6) is 0 Å². The summed E-state index contributed by atoms with van der Waals surface area (Å²) in [6.07, 6.45) is 3.83. The number of benzene rings is 1. The quantitative estimate of drug-likeness (QED) is 0.877. The van der Waals surface area contributed by atoms with Crippen molar-refractivity contribution in [2.24, 2.45) is 11.8 Å². The van der Waals surface area contributed by atoms with Crippen LogP contribution in [0, 0.1) is 11.8 Å². The third kappa shape index (κ3) is 4.48. The first kappa shape index (κ1) is 15.9. The summed E-state index contributed by atoms with van der Waals surface area (Å²) in [7, 11) is 0. The lowest BCUT2D eigenvalue weighted by Gasteiger charge is -2.33. The van der Waals surface area contributed by atoms with Crippen LogP contribution < -0.4 is 10.6 Å². The van der Waals surface area contributed by atoms with Crippen LogP contribution in [0.25, 0.3) is 0 Å². The van der Waals surface area contributed by atoms with E-state index in [4.69, 9.17) is 0 Å². The number of anilines is 1. The maximum absolute atomic E-state index is 11.9. The molecule has 1 aliphatic carbocycles. The van der Waals surface area contributed by atoms with Gasteiger partial charge in [-0.1, -0.05) is 13.8 Å². The SMILES string of the molecule is CC1CCC(Nc2ccc(C(=O)NC(C)C)cc2)C(C)C1. The van der Waals surface area contributed by atoms with E-state index in [0.717, 1.165) is 17.2 Å². The van der Waals surface area contributed by atoms with Crippen molar-refractivity contribution in [3.8, 4) is 0 Å². The van der Waals surface area contributed by atoms with Gasteiger partial charge in [0.05, 0.1) is 0 Å². The molecule has 0 aromatic heterocycles. The van der Waals surface area contributed by atoms with Crippen molar-refractivity contribution in [2.75, 3.05) is 5.32 Å². The third-order valence-corrected chi connectivity index (χ3v) is 4.35. The average Bonchev–Trinajstić information content (AvgIpc) is 2.42. The molecule has 1 amide bonds. The van der Waals surface area contributed by atoms with Gasteiger partial charge in [0.2, 0.25) is 0 Å². The number of rotatable bonds is 4. The molecule has 116 valence electrons. The smallest absolute Gasteiger partial charge is 0.251 e. The maximum atomic E-state index is 11.9. The highest BCUT2D eigenvalue weighted by molar-refractivity contribution is 5.94. The van der Waals surface area contributed by atoms with Crippen molar-refractivity contribution in [1.82, 2.24) is 5.32 Å². The lowest BCUT2D eigenvalue weighted by Crippen LogP contribution is -2.33. The Morgan fingerprint density at radius 3 is 2.38 bits per heavy atom. The van der Waals surface area contributed by atoms with Crippen LogP contribution in [0.4, 0.5) is 5.69 Å². The lowest BCUT2D eigenvalue weighted by atomic mass is 9.80. The van der Waals surface area contributed by atoms with Gasteiger partial charge in [0, 0.05) is 23.3 Å². The Labute approximate surface area is 128 Å². The Balaban J connectivity index is 1.95. The highest BCUT2D eigenvalue weighted by atomic mass is 16.1. The Morgan fingerprint density at radius 1 is 1.14 bits per heavy atom. The van der Waals surface area contributed by atoms with Gasteiger partial charge >= 0.3 is 0 Å². The first-order valence-corrected chi connectivity index (χ1v) is 8.13. The molecule has 3 heteroatoms. The van der Waals surface area contributed by atoms with E-state index in [9.17, 15) is 4.79 Å². The van der Waals surface area contributed by atoms with Gasteiger partial charge in [-0.15, -0.1) is 0 Å². The first-order valence-electron chi connectivity index (χ1n) is 8.13. The standard InChI is InChI=1S/C18H28N2O/c1-12(2)19-18(21)15-6-8-16(9-7-15)20-17-10-5-13(3)11-14(17)4/h6-9,12-14,17,20H,5,10-11H2,1-4H3,(H,19,21). The van der Waals surface area contributed by atoms with Gasteiger partial charge in [-0.05, 0) is 69.2 Å². The predicted molar refractivity (Wildman–Crippen MR) is 88.6 cm³/mol. The summed E-state index contributed by atoms with van der Waals surface area (Å²) in [6, 6.07) is 8.55. The highest BCUT2D eigenvalue weighted by Gasteiger charge is 2.25. The Hall–Kier alpha value is -1.51. The van der Waals surface area contributed by atoms with E-state index in [-0.39, 0.29) is 11.9 Å². The number of hydrogen-bond donors (Lipinski definition) is 2. The van der Waals surface area contributed by atoms with Crippen molar-refractivity contribution in [3.63, 3.8) is 0 Å². The topological polar surface area (TPSA) is 41.1 Å². The molecule has 3 nitrogen and oxygen atoms in total. The van der Waals surface area contributed by atoms with Gasteiger partial charge < -0.3 is 10.6 Å². The van der Waals surface area contributed by atoms with Gasteiger partial charge in [-0.25, -0.2) is 0 Å². The molecule has 0 spiro atoms. The lowest BCUT2D eigenvalue weighted by molar-refractivity contribution is 0.0943. The number of carbonyl (C=O) groups is 1. The van der Waals surface area contributed by atoms with Crippen LogP contribution >= 0.6 is 0 Å². The highest BCUT2D eigenvalue weighted by Crippen LogP contribution is 2.30. The number of amides is 1. The minimum absolute atomic E-state index is 0.00332. The molecule has 0 heterocycles. The van der Waals surface area contributed by atoms with Gasteiger partial charge in [0.1, 0.15) is 0 Å². The Kier molecular flexibility index (Phi) is 5.27. The van der Waals surface area contributed by atoms with E-state index in [0.29, 0.717) is 12.0 Å². The van der Waals surface area contributed by atoms with E-state index in [1.54, 1.807) is 0 Å². The summed E-state index contributed by atoms with van der Waals surface area (Å²) in [4.78, 5) is 11.9. The Morgan fingerprint density at radius 2 is 1.81 bits per heavy atom. The molecule has 1 aliphatic rings. The van der Waals surface area contributed by atoms with Crippen LogP contribution in [0.15, 0.2) is 24.3 Å². The minimum Gasteiger partial charge on any atom is -0.382 e. The predicted octanol–water partition coefficient (Wildman–Crippen LogP) is 4.06. The van der Waals surface area contributed by atoms with Crippen molar-refractivity contribution in [2.45, 2.75) is 59.0 Å². The van der Waals surface area contributed by atoms with Crippen molar-refractivity contribution in [1.29, 1.82) is 0 Å². The summed E-state index contributed by atoms with van der Waals surface area (Å²) in [5, 5.41) is 6.54. The zero-order chi connectivity index (χ0) is 15.4. The zero-order valence-electron chi connectivity index (χ0n) is 13.6. The first-order chi connectivity index (χ1) is 9.95. The van der Waals surface area contributed by atoms with E-state index < -0.39 is 0 Å². The summed E-state index contributed by atoms with van der Waals surface area (Å²) in [6.45, 7) is 8.62. The molecule has 2 N–H and O–H groups in total. The molecular weight excluding hydrogens is 260 g/mol. The van der Waals surface area contributed by atoms with E-state index in [1.807, 2.05) is 38.1 Å². The molecule has 0 saturated heterocycles. The molecule has 1 saturated carbocycles. The fourth-order valence-electron chi connectivity index (χ4n) is 3.16. The fraction of sp³-hybridized carbons (Fsp3) is 0.611.